The van der Waals surface area contributed by atoms with Gasteiger partial charge in [-0.05, 0) is 30.7 Å². The van der Waals surface area contributed by atoms with Crippen LogP contribution >= 0.6 is 22.9 Å². The molecule has 1 aromatic heterocycles. The number of anilines is 1. The van der Waals surface area contributed by atoms with E-state index in [0.29, 0.717) is 17.4 Å². The van der Waals surface area contributed by atoms with Gasteiger partial charge in [-0.2, -0.15) is 5.10 Å². The Balaban J connectivity index is 1.91. The van der Waals surface area contributed by atoms with E-state index in [4.69, 9.17) is 16.3 Å². The standard InChI is InChI=1S/C14H14ClN3O3S/c1-2-21-13(20)6-10-8-22-14(17-10)18-16-7-9-3-4-12(19)11(15)5-9/h3-5,7-8,19H,2,6H2,1H3,(H,17,18)/b16-7-. The number of phenols is 1. The molecule has 116 valence electrons. The average molecular weight is 340 g/mol. The van der Waals surface area contributed by atoms with Crippen molar-refractivity contribution in [2.24, 2.45) is 5.10 Å². The Morgan fingerprint density at radius 3 is 3.14 bits per heavy atom. The van der Waals surface area contributed by atoms with Crippen LogP contribution in [0.15, 0.2) is 28.7 Å². The molecule has 0 saturated heterocycles. The van der Waals surface area contributed by atoms with Crippen LogP contribution in [0.4, 0.5) is 5.13 Å². The molecule has 0 saturated carbocycles. The van der Waals surface area contributed by atoms with Crippen molar-refractivity contribution in [1.82, 2.24) is 4.98 Å². The third-order valence-corrected chi connectivity index (χ3v) is 3.63. The van der Waals surface area contributed by atoms with Crippen molar-refractivity contribution in [3.8, 4) is 5.75 Å². The Morgan fingerprint density at radius 2 is 2.41 bits per heavy atom. The summed E-state index contributed by atoms with van der Waals surface area (Å²) < 4.78 is 4.86. The molecule has 2 aromatic rings. The van der Waals surface area contributed by atoms with E-state index in [9.17, 15) is 9.90 Å². The molecule has 0 fully saturated rings. The van der Waals surface area contributed by atoms with Crippen LogP contribution in [0.1, 0.15) is 18.2 Å². The van der Waals surface area contributed by atoms with Gasteiger partial charge >= 0.3 is 5.97 Å². The first kappa shape index (κ1) is 16.3. The first-order valence-electron chi connectivity index (χ1n) is 6.46. The fourth-order valence-electron chi connectivity index (χ4n) is 1.56. The number of benzene rings is 1. The van der Waals surface area contributed by atoms with Crippen molar-refractivity contribution in [2.75, 3.05) is 12.0 Å². The molecule has 1 heterocycles. The summed E-state index contributed by atoms with van der Waals surface area (Å²) >= 11 is 7.14. The molecule has 0 radical (unpaired) electrons. The van der Waals surface area contributed by atoms with Crippen molar-refractivity contribution in [2.45, 2.75) is 13.3 Å². The monoisotopic (exact) mass is 339 g/mol. The third kappa shape index (κ3) is 4.71. The predicted octanol–water partition coefficient (Wildman–Crippen LogP) is 3.05. The summed E-state index contributed by atoms with van der Waals surface area (Å²) in [5.74, 6) is -0.281. The van der Waals surface area contributed by atoms with Crippen LogP contribution in [-0.2, 0) is 16.0 Å². The number of halogens is 1. The predicted molar refractivity (Wildman–Crippen MR) is 86.8 cm³/mol. The second-order valence-corrected chi connectivity index (χ2v) is 5.47. The highest BCUT2D eigenvalue weighted by atomic mass is 35.5. The first-order valence-corrected chi connectivity index (χ1v) is 7.72. The Labute approximate surface area is 136 Å². The summed E-state index contributed by atoms with van der Waals surface area (Å²) in [6.45, 7) is 2.11. The summed E-state index contributed by atoms with van der Waals surface area (Å²) in [5, 5.41) is 15.9. The van der Waals surface area contributed by atoms with Crippen molar-refractivity contribution in [3.05, 3.63) is 39.9 Å². The number of aromatic nitrogens is 1. The number of rotatable bonds is 6. The van der Waals surface area contributed by atoms with Gasteiger partial charge in [-0.15, -0.1) is 11.3 Å². The zero-order valence-corrected chi connectivity index (χ0v) is 13.3. The quantitative estimate of drug-likeness (QED) is 0.480. The lowest BCUT2D eigenvalue weighted by molar-refractivity contribution is -0.142. The zero-order chi connectivity index (χ0) is 15.9. The molecular formula is C14H14ClN3O3S. The maximum atomic E-state index is 11.3. The molecule has 0 aliphatic heterocycles. The summed E-state index contributed by atoms with van der Waals surface area (Å²) in [6.07, 6.45) is 1.70. The van der Waals surface area contributed by atoms with Gasteiger partial charge in [-0.25, -0.2) is 4.98 Å². The van der Waals surface area contributed by atoms with Crippen molar-refractivity contribution in [3.63, 3.8) is 0 Å². The minimum absolute atomic E-state index is 0.0234. The number of aromatic hydroxyl groups is 1. The van der Waals surface area contributed by atoms with Crippen LogP contribution in [0.5, 0.6) is 5.75 Å². The molecule has 2 N–H and O–H groups in total. The van der Waals surface area contributed by atoms with Gasteiger partial charge in [0.25, 0.3) is 0 Å². The highest BCUT2D eigenvalue weighted by Crippen LogP contribution is 2.23. The van der Waals surface area contributed by atoms with Crippen molar-refractivity contribution in [1.29, 1.82) is 0 Å². The van der Waals surface area contributed by atoms with Gasteiger partial charge in [0.1, 0.15) is 5.75 Å². The lowest BCUT2D eigenvalue weighted by Crippen LogP contribution is -2.07. The molecule has 0 bridgehead atoms. The first-order chi connectivity index (χ1) is 10.6. The van der Waals surface area contributed by atoms with Crippen LogP contribution in [0.25, 0.3) is 0 Å². The molecule has 0 atom stereocenters. The lowest BCUT2D eigenvalue weighted by atomic mass is 10.2. The highest BCUT2D eigenvalue weighted by molar-refractivity contribution is 7.13. The molecule has 22 heavy (non-hydrogen) atoms. The van der Waals surface area contributed by atoms with E-state index in [1.165, 1.54) is 17.4 Å². The molecule has 0 spiro atoms. The molecule has 6 nitrogen and oxygen atoms in total. The van der Waals surface area contributed by atoms with Crippen molar-refractivity contribution >= 4 is 40.3 Å². The molecule has 1 aromatic carbocycles. The molecule has 2 rings (SSSR count). The normalized spacial score (nSPS) is 10.8. The Morgan fingerprint density at radius 1 is 1.59 bits per heavy atom. The summed E-state index contributed by atoms with van der Waals surface area (Å²) in [7, 11) is 0. The lowest BCUT2D eigenvalue weighted by Gasteiger charge is -1.98. The Kier molecular flexibility index (Phi) is 5.74. The second kappa shape index (κ2) is 7.77. The van der Waals surface area contributed by atoms with E-state index >= 15 is 0 Å². The molecule has 0 unspecified atom stereocenters. The van der Waals surface area contributed by atoms with Gasteiger partial charge in [-0.3, -0.25) is 10.2 Å². The molecule has 8 heteroatoms. The second-order valence-electron chi connectivity index (χ2n) is 4.21. The van der Waals surface area contributed by atoms with E-state index < -0.39 is 0 Å². The molecular weight excluding hydrogens is 326 g/mol. The number of hydrogen-bond acceptors (Lipinski definition) is 7. The fraction of sp³-hybridized carbons (Fsp3) is 0.214. The number of phenolic OH excluding ortho intramolecular Hbond substituents is 1. The topological polar surface area (TPSA) is 83.8 Å². The van der Waals surface area contributed by atoms with E-state index in [0.717, 1.165) is 5.56 Å². The third-order valence-electron chi connectivity index (χ3n) is 2.53. The van der Waals surface area contributed by atoms with Gasteiger partial charge in [0, 0.05) is 5.38 Å². The van der Waals surface area contributed by atoms with E-state index in [2.05, 4.69) is 15.5 Å². The number of ether oxygens (including phenoxy) is 1. The van der Waals surface area contributed by atoms with E-state index in [1.54, 1.807) is 30.7 Å². The van der Waals surface area contributed by atoms with Crippen molar-refractivity contribution < 1.29 is 14.6 Å². The number of thiazole rings is 1. The number of hydrogen-bond donors (Lipinski definition) is 2. The van der Waals surface area contributed by atoms with Crippen LogP contribution < -0.4 is 5.43 Å². The number of hydrazone groups is 1. The minimum atomic E-state index is -0.304. The SMILES string of the molecule is CCOC(=O)Cc1csc(N/N=C\c2ccc(O)c(Cl)c2)n1. The van der Waals surface area contributed by atoms with Gasteiger partial charge in [0.15, 0.2) is 0 Å². The van der Waals surface area contributed by atoms with Crippen LogP contribution in [0.2, 0.25) is 5.02 Å². The number of carbonyl (C=O) groups is 1. The zero-order valence-electron chi connectivity index (χ0n) is 11.7. The van der Waals surface area contributed by atoms with Gasteiger partial charge < -0.3 is 9.84 Å². The number of carbonyl (C=O) groups excluding carboxylic acids is 1. The maximum absolute atomic E-state index is 11.3. The smallest absolute Gasteiger partial charge is 0.311 e. The van der Waals surface area contributed by atoms with Crippen LogP contribution in [0, 0.1) is 0 Å². The minimum Gasteiger partial charge on any atom is -0.506 e. The largest absolute Gasteiger partial charge is 0.506 e. The van der Waals surface area contributed by atoms with E-state index in [-0.39, 0.29) is 23.2 Å². The van der Waals surface area contributed by atoms with Crippen LogP contribution in [0.3, 0.4) is 0 Å². The molecule has 0 aliphatic rings. The highest BCUT2D eigenvalue weighted by Gasteiger charge is 2.07. The van der Waals surface area contributed by atoms with Gasteiger partial charge in [0.2, 0.25) is 5.13 Å². The Hall–Kier alpha value is -2.12. The summed E-state index contributed by atoms with van der Waals surface area (Å²) in [5.41, 5.74) is 4.14. The summed E-state index contributed by atoms with van der Waals surface area (Å²) in [4.78, 5) is 15.6. The van der Waals surface area contributed by atoms with Crippen LogP contribution in [-0.4, -0.2) is 28.9 Å². The number of nitrogens with zero attached hydrogens (tertiary/aromatic N) is 2. The van der Waals surface area contributed by atoms with Gasteiger partial charge in [0.05, 0.1) is 30.0 Å². The number of nitrogens with one attached hydrogen (secondary N) is 1. The number of esters is 1. The average Bonchev–Trinajstić information content (AvgIpc) is 2.90. The Bertz CT molecular complexity index is 688. The van der Waals surface area contributed by atoms with Gasteiger partial charge in [-0.1, -0.05) is 11.6 Å². The molecule has 0 amide bonds. The fourth-order valence-corrected chi connectivity index (χ4v) is 2.41. The summed E-state index contributed by atoms with van der Waals surface area (Å²) in [6, 6.07) is 4.76. The maximum Gasteiger partial charge on any atom is 0.311 e. The van der Waals surface area contributed by atoms with E-state index in [1.807, 2.05) is 0 Å². The molecule has 0 aliphatic carbocycles.